The van der Waals surface area contributed by atoms with Gasteiger partial charge in [0, 0.05) is 28.5 Å². The third-order valence-electron chi connectivity index (χ3n) is 3.33. The SMILES string of the molecule is CSc1nc(C)c2c(n1)N(c1ccc(Cl)cc1)CC2. The molecule has 0 atom stereocenters. The molecule has 0 aliphatic carbocycles. The zero-order valence-electron chi connectivity index (χ0n) is 10.9. The first-order valence-corrected chi connectivity index (χ1v) is 7.74. The molecule has 0 unspecified atom stereocenters. The van der Waals surface area contributed by atoms with Crippen LogP contribution in [-0.2, 0) is 6.42 Å². The molecule has 2 aromatic rings. The number of thioether (sulfide) groups is 1. The summed E-state index contributed by atoms with van der Waals surface area (Å²) < 4.78 is 0. The van der Waals surface area contributed by atoms with E-state index in [1.165, 1.54) is 5.56 Å². The Labute approximate surface area is 122 Å². The third-order valence-corrected chi connectivity index (χ3v) is 4.13. The average Bonchev–Trinajstić information content (AvgIpc) is 2.84. The van der Waals surface area contributed by atoms with E-state index >= 15 is 0 Å². The predicted octanol–water partition coefficient (Wildman–Crippen LogP) is 3.85. The fourth-order valence-corrected chi connectivity index (χ4v) is 2.90. The summed E-state index contributed by atoms with van der Waals surface area (Å²) in [5.74, 6) is 1.04. The molecule has 1 aliphatic heterocycles. The van der Waals surface area contributed by atoms with E-state index in [0.29, 0.717) is 0 Å². The Morgan fingerprint density at radius 1 is 1.21 bits per heavy atom. The number of aromatic nitrogens is 2. The number of nitrogens with zero attached hydrogens (tertiary/aromatic N) is 3. The van der Waals surface area contributed by atoms with Crippen LogP contribution in [-0.4, -0.2) is 22.8 Å². The molecule has 0 N–H and O–H groups in total. The molecule has 0 amide bonds. The van der Waals surface area contributed by atoms with Crippen molar-refractivity contribution in [1.29, 1.82) is 0 Å². The normalized spacial score (nSPS) is 13.7. The molecule has 0 spiro atoms. The number of rotatable bonds is 2. The molecule has 1 aromatic carbocycles. The fourth-order valence-electron chi connectivity index (χ4n) is 2.37. The van der Waals surface area contributed by atoms with Gasteiger partial charge in [0.2, 0.25) is 0 Å². The molecule has 0 saturated heterocycles. The van der Waals surface area contributed by atoms with E-state index in [2.05, 4.69) is 21.8 Å². The summed E-state index contributed by atoms with van der Waals surface area (Å²) in [6.45, 7) is 3.01. The maximum atomic E-state index is 5.94. The topological polar surface area (TPSA) is 29.0 Å². The third kappa shape index (κ3) is 2.30. The van der Waals surface area contributed by atoms with Gasteiger partial charge in [-0.25, -0.2) is 9.97 Å². The van der Waals surface area contributed by atoms with Crippen molar-refractivity contribution in [2.45, 2.75) is 18.5 Å². The van der Waals surface area contributed by atoms with Crippen LogP contribution in [0.3, 0.4) is 0 Å². The minimum Gasteiger partial charge on any atom is -0.326 e. The van der Waals surface area contributed by atoms with Crippen LogP contribution in [0.5, 0.6) is 0 Å². The molecular weight excluding hydrogens is 278 g/mol. The number of hydrogen-bond acceptors (Lipinski definition) is 4. The number of hydrogen-bond donors (Lipinski definition) is 0. The van der Waals surface area contributed by atoms with Crippen LogP contribution in [0.2, 0.25) is 5.02 Å². The minimum atomic E-state index is 0.756. The number of halogens is 1. The van der Waals surface area contributed by atoms with Crippen molar-refractivity contribution >= 4 is 34.9 Å². The Hall–Kier alpha value is -1.26. The van der Waals surface area contributed by atoms with Gasteiger partial charge in [-0.2, -0.15) is 0 Å². The quantitative estimate of drug-likeness (QED) is 0.621. The van der Waals surface area contributed by atoms with E-state index in [1.54, 1.807) is 11.8 Å². The van der Waals surface area contributed by atoms with E-state index in [-0.39, 0.29) is 0 Å². The van der Waals surface area contributed by atoms with E-state index in [4.69, 9.17) is 11.6 Å². The van der Waals surface area contributed by atoms with Crippen molar-refractivity contribution in [3.05, 3.63) is 40.5 Å². The average molecular weight is 292 g/mol. The van der Waals surface area contributed by atoms with Crippen molar-refractivity contribution in [2.75, 3.05) is 17.7 Å². The van der Waals surface area contributed by atoms with Crippen molar-refractivity contribution < 1.29 is 0 Å². The molecule has 5 heteroatoms. The van der Waals surface area contributed by atoms with Crippen LogP contribution < -0.4 is 4.90 Å². The molecule has 2 heterocycles. The lowest BCUT2D eigenvalue weighted by Crippen LogP contribution is -2.14. The lowest BCUT2D eigenvalue weighted by molar-refractivity contribution is 0.918. The van der Waals surface area contributed by atoms with Gasteiger partial charge in [-0.1, -0.05) is 23.4 Å². The Bertz CT molecular complexity index is 613. The number of fused-ring (bicyclic) bond motifs is 1. The second-order valence-corrected chi connectivity index (χ2v) is 5.69. The summed E-state index contributed by atoms with van der Waals surface area (Å²) in [5, 5.41) is 1.59. The summed E-state index contributed by atoms with van der Waals surface area (Å²) in [4.78, 5) is 11.4. The van der Waals surface area contributed by atoms with Crippen molar-refractivity contribution in [3.8, 4) is 0 Å². The van der Waals surface area contributed by atoms with Gasteiger partial charge in [-0.15, -0.1) is 0 Å². The second-order valence-electron chi connectivity index (χ2n) is 4.48. The maximum Gasteiger partial charge on any atom is 0.189 e. The van der Waals surface area contributed by atoms with Crippen LogP contribution in [0.25, 0.3) is 0 Å². The highest BCUT2D eigenvalue weighted by molar-refractivity contribution is 7.98. The Morgan fingerprint density at radius 3 is 2.63 bits per heavy atom. The van der Waals surface area contributed by atoms with E-state index in [9.17, 15) is 0 Å². The molecule has 0 radical (unpaired) electrons. The van der Waals surface area contributed by atoms with Crippen molar-refractivity contribution in [1.82, 2.24) is 9.97 Å². The first kappa shape index (κ1) is 12.8. The highest BCUT2D eigenvalue weighted by atomic mass is 35.5. The summed E-state index contributed by atoms with van der Waals surface area (Å²) in [7, 11) is 0. The zero-order chi connectivity index (χ0) is 13.4. The summed E-state index contributed by atoms with van der Waals surface area (Å²) in [6.07, 6.45) is 3.00. The number of anilines is 2. The van der Waals surface area contributed by atoms with E-state index < -0.39 is 0 Å². The lowest BCUT2D eigenvalue weighted by atomic mass is 10.2. The molecule has 0 saturated carbocycles. The smallest absolute Gasteiger partial charge is 0.189 e. The highest BCUT2D eigenvalue weighted by Crippen LogP contribution is 2.35. The summed E-state index contributed by atoms with van der Waals surface area (Å²) in [5.41, 5.74) is 3.48. The van der Waals surface area contributed by atoms with Crippen LogP contribution in [0.1, 0.15) is 11.3 Å². The van der Waals surface area contributed by atoms with Gasteiger partial charge in [0.05, 0.1) is 0 Å². The van der Waals surface area contributed by atoms with Gasteiger partial charge in [0.15, 0.2) is 5.16 Å². The minimum absolute atomic E-state index is 0.756. The van der Waals surface area contributed by atoms with Crippen LogP contribution >= 0.6 is 23.4 Å². The molecule has 1 aromatic heterocycles. The van der Waals surface area contributed by atoms with Gasteiger partial charge in [-0.05, 0) is 43.9 Å². The van der Waals surface area contributed by atoms with Gasteiger partial charge in [0.1, 0.15) is 5.82 Å². The first-order chi connectivity index (χ1) is 9.19. The molecule has 98 valence electrons. The monoisotopic (exact) mass is 291 g/mol. The zero-order valence-corrected chi connectivity index (χ0v) is 12.4. The van der Waals surface area contributed by atoms with Crippen molar-refractivity contribution in [2.24, 2.45) is 0 Å². The molecule has 1 aliphatic rings. The fraction of sp³-hybridized carbons (Fsp3) is 0.286. The molecule has 3 rings (SSSR count). The maximum absolute atomic E-state index is 5.94. The van der Waals surface area contributed by atoms with E-state index in [1.807, 2.05) is 30.5 Å². The highest BCUT2D eigenvalue weighted by Gasteiger charge is 2.25. The Morgan fingerprint density at radius 2 is 1.95 bits per heavy atom. The van der Waals surface area contributed by atoms with Gasteiger partial charge in [0.25, 0.3) is 0 Å². The van der Waals surface area contributed by atoms with E-state index in [0.717, 1.165) is 40.3 Å². The van der Waals surface area contributed by atoms with Crippen LogP contribution in [0.15, 0.2) is 29.4 Å². The molecule has 0 bridgehead atoms. The largest absolute Gasteiger partial charge is 0.326 e. The van der Waals surface area contributed by atoms with Gasteiger partial charge in [-0.3, -0.25) is 0 Å². The number of aryl methyl sites for hydroxylation is 1. The first-order valence-electron chi connectivity index (χ1n) is 6.13. The molecule has 3 nitrogen and oxygen atoms in total. The van der Waals surface area contributed by atoms with Crippen LogP contribution in [0.4, 0.5) is 11.5 Å². The standard InChI is InChI=1S/C14H14ClN3S/c1-9-12-7-8-18(11-5-3-10(15)4-6-11)13(12)17-14(16-9)19-2/h3-6H,7-8H2,1-2H3. The molecular formula is C14H14ClN3S. The number of benzene rings is 1. The van der Waals surface area contributed by atoms with Gasteiger partial charge < -0.3 is 4.90 Å². The van der Waals surface area contributed by atoms with Gasteiger partial charge >= 0.3 is 0 Å². The second kappa shape index (κ2) is 5.02. The Balaban J connectivity index is 2.05. The molecule has 19 heavy (non-hydrogen) atoms. The van der Waals surface area contributed by atoms with Crippen molar-refractivity contribution in [3.63, 3.8) is 0 Å². The summed E-state index contributed by atoms with van der Waals surface area (Å²) in [6, 6.07) is 7.90. The van der Waals surface area contributed by atoms with Crippen LogP contribution in [0, 0.1) is 6.92 Å². The predicted molar refractivity (Wildman–Crippen MR) is 80.7 cm³/mol. The lowest BCUT2D eigenvalue weighted by Gasteiger charge is -2.19. The summed E-state index contributed by atoms with van der Waals surface area (Å²) >= 11 is 7.52. The Kier molecular flexibility index (Phi) is 3.37. The molecule has 0 fully saturated rings.